The largest absolute Gasteiger partial charge is 0.396 e. The van der Waals surface area contributed by atoms with Crippen LogP contribution in [0.4, 0.5) is 0 Å². The van der Waals surface area contributed by atoms with E-state index in [1.165, 1.54) is 11.1 Å². The molecule has 0 spiro atoms. The number of benzene rings is 1. The number of aromatic nitrogens is 2. The van der Waals surface area contributed by atoms with Crippen molar-refractivity contribution in [2.45, 2.75) is 26.8 Å². The Morgan fingerprint density at radius 1 is 1.35 bits per heavy atom. The average molecular weight is 230 g/mol. The summed E-state index contributed by atoms with van der Waals surface area (Å²) in [7, 11) is 0. The number of hydrogen-bond donors (Lipinski definition) is 1. The number of hydrogen-bond acceptors (Lipinski definition) is 2. The SMILES string of the molecule is C=CCn1c(CCO)nc2cc(C)c(C)cc21. The minimum atomic E-state index is 0.123. The first-order valence-corrected chi connectivity index (χ1v) is 5.85. The second-order valence-electron chi connectivity index (χ2n) is 4.33. The van der Waals surface area contributed by atoms with E-state index in [4.69, 9.17) is 5.11 Å². The van der Waals surface area contributed by atoms with Gasteiger partial charge in [0, 0.05) is 13.0 Å². The molecular formula is C14H18N2O. The topological polar surface area (TPSA) is 38.0 Å². The maximum absolute atomic E-state index is 9.07. The van der Waals surface area contributed by atoms with Crippen molar-refractivity contribution in [3.05, 3.63) is 41.7 Å². The van der Waals surface area contributed by atoms with Crippen LogP contribution in [0.2, 0.25) is 0 Å². The van der Waals surface area contributed by atoms with Gasteiger partial charge in [-0.25, -0.2) is 4.98 Å². The van der Waals surface area contributed by atoms with Crippen LogP contribution in [-0.2, 0) is 13.0 Å². The highest BCUT2D eigenvalue weighted by Crippen LogP contribution is 2.21. The molecule has 17 heavy (non-hydrogen) atoms. The molecule has 2 aromatic rings. The zero-order valence-electron chi connectivity index (χ0n) is 10.4. The van der Waals surface area contributed by atoms with Crippen molar-refractivity contribution >= 4 is 11.0 Å². The number of rotatable bonds is 4. The minimum Gasteiger partial charge on any atom is -0.396 e. The van der Waals surface area contributed by atoms with Crippen molar-refractivity contribution in [1.29, 1.82) is 0 Å². The van der Waals surface area contributed by atoms with Crippen molar-refractivity contribution in [2.75, 3.05) is 6.61 Å². The summed E-state index contributed by atoms with van der Waals surface area (Å²) in [5.74, 6) is 0.924. The summed E-state index contributed by atoms with van der Waals surface area (Å²) >= 11 is 0. The Balaban J connectivity index is 2.66. The first-order valence-electron chi connectivity index (χ1n) is 5.85. The van der Waals surface area contributed by atoms with Crippen molar-refractivity contribution in [3.8, 4) is 0 Å². The van der Waals surface area contributed by atoms with Gasteiger partial charge < -0.3 is 9.67 Å². The normalized spacial score (nSPS) is 11.0. The van der Waals surface area contributed by atoms with E-state index in [9.17, 15) is 0 Å². The quantitative estimate of drug-likeness (QED) is 0.819. The molecular weight excluding hydrogens is 212 g/mol. The molecule has 0 aliphatic carbocycles. The molecule has 0 bridgehead atoms. The molecule has 0 unspecified atom stereocenters. The Kier molecular flexibility index (Phi) is 3.29. The Labute approximate surface area is 101 Å². The summed E-state index contributed by atoms with van der Waals surface area (Å²) in [6.07, 6.45) is 2.44. The van der Waals surface area contributed by atoms with Crippen LogP contribution < -0.4 is 0 Å². The van der Waals surface area contributed by atoms with Gasteiger partial charge in [0.25, 0.3) is 0 Å². The molecule has 0 saturated heterocycles. The third-order valence-corrected chi connectivity index (χ3v) is 3.09. The van der Waals surface area contributed by atoms with Crippen LogP contribution in [0.15, 0.2) is 24.8 Å². The molecule has 0 aliphatic rings. The van der Waals surface area contributed by atoms with Gasteiger partial charge in [-0.3, -0.25) is 0 Å². The zero-order valence-corrected chi connectivity index (χ0v) is 10.4. The van der Waals surface area contributed by atoms with Crippen molar-refractivity contribution in [3.63, 3.8) is 0 Å². The Bertz CT molecular complexity index is 555. The summed E-state index contributed by atoms with van der Waals surface area (Å²) in [5.41, 5.74) is 4.63. The zero-order chi connectivity index (χ0) is 12.4. The lowest BCUT2D eigenvalue weighted by Gasteiger charge is -2.06. The number of nitrogens with zero attached hydrogens (tertiary/aromatic N) is 2. The van der Waals surface area contributed by atoms with Gasteiger partial charge in [0.05, 0.1) is 17.6 Å². The minimum absolute atomic E-state index is 0.123. The van der Waals surface area contributed by atoms with Crippen LogP contribution >= 0.6 is 0 Å². The first kappa shape index (κ1) is 11.9. The van der Waals surface area contributed by atoms with Crippen molar-refractivity contribution < 1.29 is 5.11 Å². The highest BCUT2D eigenvalue weighted by atomic mass is 16.3. The lowest BCUT2D eigenvalue weighted by atomic mass is 10.1. The van der Waals surface area contributed by atoms with E-state index in [1.807, 2.05) is 6.08 Å². The van der Waals surface area contributed by atoms with E-state index in [1.54, 1.807) is 0 Å². The van der Waals surface area contributed by atoms with Gasteiger partial charge in [-0.15, -0.1) is 6.58 Å². The summed E-state index contributed by atoms with van der Waals surface area (Å²) in [6, 6.07) is 4.26. The lowest BCUT2D eigenvalue weighted by Crippen LogP contribution is -2.04. The monoisotopic (exact) mass is 230 g/mol. The first-order chi connectivity index (χ1) is 8.17. The molecule has 0 radical (unpaired) electrons. The molecule has 3 nitrogen and oxygen atoms in total. The maximum Gasteiger partial charge on any atom is 0.112 e. The molecule has 1 N–H and O–H groups in total. The molecule has 2 rings (SSSR count). The fraction of sp³-hybridized carbons (Fsp3) is 0.357. The third-order valence-electron chi connectivity index (χ3n) is 3.09. The summed E-state index contributed by atoms with van der Waals surface area (Å²) < 4.78 is 2.12. The molecule has 0 saturated carbocycles. The molecule has 1 heterocycles. The molecule has 1 aromatic heterocycles. The van der Waals surface area contributed by atoms with Gasteiger partial charge in [0.15, 0.2) is 0 Å². The van der Waals surface area contributed by atoms with Gasteiger partial charge in [-0.05, 0) is 37.1 Å². The van der Waals surface area contributed by atoms with Gasteiger partial charge in [-0.1, -0.05) is 6.08 Å². The van der Waals surface area contributed by atoms with Crippen molar-refractivity contribution in [1.82, 2.24) is 9.55 Å². The number of aryl methyl sites for hydroxylation is 2. The van der Waals surface area contributed by atoms with Gasteiger partial charge >= 0.3 is 0 Å². The van der Waals surface area contributed by atoms with Gasteiger partial charge in [-0.2, -0.15) is 0 Å². The Morgan fingerprint density at radius 3 is 2.71 bits per heavy atom. The Morgan fingerprint density at radius 2 is 2.06 bits per heavy atom. The van der Waals surface area contributed by atoms with E-state index in [0.717, 1.165) is 23.4 Å². The molecule has 0 fully saturated rings. The van der Waals surface area contributed by atoms with E-state index in [-0.39, 0.29) is 6.61 Å². The van der Waals surface area contributed by atoms with Crippen LogP contribution in [-0.4, -0.2) is 21.3 Å². The fourth-order valence-corrected chi connectivity index (χ4v) is 2.05. The molecule has 0 aliphatic heterocycles. The second kappa shape index (κ2) is 4.72. The molecule has 1 aromatic carbocycles. The van der Waals surface area contributed by atoms with Crippen LogP contribution in [0.5, 0.6) is 0 Å². The molecule has 90 valence electrons. The van der Waals surface area contributed by atoms with E-state index >= 15 is 0 Å². The van der Waals surface area contributed by atoms with Gasteiger partial charge in [0.1, 0.15) is 5.82 Å². The second-order valence-corrected chi connectivity index (χ2v) is 4.33. The number of allylic oxidation sites excluding steroid dienone is 1. The number of aliphatic hydroxyl groups excluding tert-OH is 1. The number of imidazole rings is 1. The number of fused-ring (bicyclic) bond motifs is 1. The summed E-state index contributed by atoms with van der Waals surface area (Å²) in [4.78, 5) is 4.58. The molecule has 3 heteroatoms. The van der Waals surface area contributed by atoms with Crippen molar-refractivity contribution in [2.24, 2.45) is 0 Å². The fourth-order valence-electron chi connectivity index (χ4n) is 2.05. The standard InChI is InChI=1S/C14H18N2O/c1-4-6-16-13-9-11(3)10(2)8-12(13)15-14(16)5-7-17/h4,8-9,17H,1,5-7H2,2-3H3. The van der Waals surface area contributed by atoms with Crippen LogP contribution in [0.3, 0.4) is 0 Å². The van der Waals surface area contributed by atoms with Crippen LogP contribution in [0.25, 0.3) is 11.0 Å². The smallest absolute Gasteiger partial charge is 0.112 e. The van der Waals surface area contributed by atoms with E-state index in [0.29, 0.717) is 6.42 Å². The maximum atomic E-state index is 9.07. The van der Waals surface area contributed by atoms with Gasteiger partial charge in [0.2, 0.25) is 0 Å². The summed E-state index contributed by atoms with van der Waals surface area (Å²) in [5, 5.41) is 9.07. The lowest BCUT2D eigenvalue weighted by molar-refractivity contribution is 0.295. The Hall–Kier alpha value is -1.61. The predicted octanol–water partition coefficient (Wildman–Crippen LogP) is 2.37. The van der Waals surface area contributed by atoms with Crippen LogP contribution in [0, 0.1) is 13.8 Å². The molecule has 0 atom stereocenters. The van der Waals surface area contributed by atoms with Crippen LogP contribution in [0.1, 0.15) is 17.0 Å². The average Bonchev–Trinajstić information content (AvgIpc) is 2.59. The highest BCUT2D eigenvalue weighted by Gasteiger charge is 2.10. The van der Waals surface area contributed by atoms with E-state index in [2.05, 4.69) is 42.1 Å². The molecule has 0 amide bonds. The predicted molar refractivity (Wildman–Crippen MR) is 70.2 cm³/mol. The number of aliphatic hydroxyl groups is 1. The van der Waals surface area contributed by atoms with E-state index < -0.39 is 0 Å². The third kappa shape index (κ3) is 2.11. The summed E-state index contributed by atoms with van der Waals surface area (Å²) in [6.45, 7) is 8.82. The highest BCUT2D eigenvalue weighted by molar-refractivity contribution is 5.78.